The molecule has 0 bridgehead atoms. The molecule has 0 saturated carbocycles. The van der Waals surface area contributed by atoms with Gasteiger partial charge in [-0.15, -0.1) is 11.8 Å². The Labute approximate surface area is 221 Å². The van der Waals surface area contributed by atoms with Crippen LogP contribution in [-0.2, 0) is 30.3 Å². The summed E-state index contributed by atoms with van der Waals surface area (Å²) in [6.07, 6.45) is 0.187. The minimum atomic E-state index is -1.62. The molecule has 2 saturated heterocycles. The number of hydrogen-bond acceptors (Lipinski definition) is 9. The van der Waals surface area contributed by atoms with Gasteiger partial charge in [-0.2, -0.15) is 0 Å². The molecule has 2 heterocycles. The van der Waals surface area contributed by atoms with E-state index in [0.717, 1.165) is 11.8 Å². The molecule has 0 radical (unpaired) electrons. The molecule has 0 spiro atoms. The first-order chi connectivity index (χ1) is 18.0. The second-order valence-electron chi connectivity index (χ2n) is 9.05. The Morgan fingerprint density at radius 2 is 1.82 bits per heavy atom. The standard InChI is InChI=1S/C25H25N3O9S/c1-14(29)37-25(2)18(12-15-8-10-16(11-9-15)28(34)35)38-23-20(22(31)27(23)21(25)24(32)33)26-19(30)13-36-17-6-4-3-5-7-17/h3-11,18,20-21,23H,12-13H2,1-2H3,(H,26,30)(H,32,33)/t18?,20-,21?,23+,25?/m0/s1. The van der Waals surface area contributed by atoms with Gasteiger partial charge < -0.3 is 24.8 Å². The summed E-state index contributed by atoms with van der Waals surface area (Å²) in [7, 11) is 0. The molecule has 2 amide bonds. The lowest BCUT2D eigenvalue weighted by atomic mass is 9.84. The van der Waals surface area contributed by atoms with Crippen molar-refractivity contribution in [1.29, 1.82) is 0 Å². The highest BCUT2D eigenvalue weighted by molar-refractivity contribution is 8.00. The quantitative estimate of drug-likeness (QED) is 0.206. The molecule has 2 N–H and O–H groups in total. The van der Waals surface area contributed by atoms with Crippen molar-refractivity contribution in [3.8, 4) is 5.75 Å². The number of aliphatic carboxylic acids is 1. The molecule has 2 aromatic carbocycles. The molecular weight excluding hydrogens is 518 g/mol. The first kappa shape index (κ1) is 26.9. The first-order valence-electron chi connectivity index (χ1n) is 11.6. The number of nitro benzene ring substituents is 1. The first-order valence-corrected chi connectivity index (χ1v) is 12.6. The molecule has 0 aliphatic carbocycles. The van der Waals surface area contributed by atoms with Crippen molar-refractivity contribution in [2.24, 2.45) is 0 Å². The number of rotatable bonds is 9. The van der Waals surface area contributed by atoms with Crippen LogP contribution in [0.15, 0.2) is 54.6 Å². The Hall–Kier alpha value is -4.13. The van der Waals surface area contributed by atoms with Crippen LogP contribution in [0.1, 0.15) is 19.4 Å². The Morgan fingerprint density at radius 1 is 1.16 bits per heavy atom. The van der Waals surface area contributed by atoms with Gasteiger partial charge in [0.25, 0.3) is 11.6 Å². The molecule has 38 heavy (non-hydrogen) atoms. The van der Waals surface area contributed by atoms with E-state index in [9.17, 15) is 34.4 Å². The Morgan fingerprint density at radius 3 is 2.39 bits per heavy atom. The van der Waals surface area contributed by atoms with E-state index in [1.54, 1.807) is 42.5 Å². The Bertz CT molecular complexity index is 1260. The second-order valence-corrected chi connectivity index (χ2v) is 10.4. The van der Waals surface area contributed by atoms with E-state index < -0.39 is 57.0 Å². The van der Waals surface area contributed by atoms with Crippen LogP contribution >= 0.6 is 11.8 Å². The number of carboxylic acid groups (broad SMARTS) is 1. The lowest BCUT2D eigenvalue weighted by molar-refractivity contribution is -0.384. The molecule has 200 valence electrons. The van der Waals surface area contributed by atoms with Crippen molar-refractivity contribution in [2.75, 3.05) is 6.61 Å². The molecular formula is C25H25N3O9S. The number of non-ortho nitro benzene ring substituents is 1. The average Bonchev–Trinajstić information content (AvgIpc) is 2.87. The van der Waals surface area contributed by atoms with Crippen LogP contribution in [0.2, 0.25) is 0 Å². The third kappa shape index (κ3) is 5.28. The largest absolute Gasteiger partial charge is 0.484 e. The third-order valence-corrected chi connectivity index (χ3v) is 8.18. The molecule has 2 aliphatic heterocycles. The summed E-state index contributed by atoms with van der Waals surface area (Å²) in [5.74, 6) is -2.78. The summed E-state index contributed by atoms with van der Waals surface area (Å²) in [6.45, 7) is 2.27. The number of fused-ring (bicyclic) bond motifs is 1. The average molecular weight is 544 g/mol. The van der Waals surface area contributed by atoms with Crippen LogP contribution in [-0.4, -0.2) is 73.6 Å². The van der Waals surface area contributed by atoms with Crippen LogP contribution in [0, 0.1) is 10.1 Å². The minimum Gasteiger partial charge on any atom is -0.484 e. The monoisotopic (exact) mass is 543 g/mol. The second kappa shape index (κ2) is 10.7. The van der Waals surface area contributed by atoms with Crippen molar-refractivity contribution >= 4 is 41.2 Å². The Balaban J connectivity index is 1.56. The van der Waals surface area contributed by atoms with Gasteiger partial charge in [0.05, 0.1) is 10.2 Å². The normalized spacial score (nSPS) is 25.9. The van der Waals surface area contributed by atoms with Crippen molar-refractivity contribution < 1.29 is 38.7 Å². The molecule has 5 atom stereocenters. The van der Waals surface area contributed by atoms with Crippen molar-refractivity contribution in [2.45, 2.75) is 48.6 Å². The summed E-state index contributed by atoms with van der Waals surface area (Å²) in [5.41, 5.74) is -1.08. The summed E-state index contributed by atoms with van der Waals surface area (Å²) in [4.78, 5) is 61.6. The van der Waals surface area contributed by atoms with Crippen LogP contribution in [0.3, 0.4) is 0 Å². The number of nitro groups is 1. The highest BCUT2D eigenvalue weighted by Gasteiger charge is 2.66. The highest BCUT2D eigenvalue weighted by Crippen LogP contribution is 2.49. The Kier molecular flexibility index (Phi) is 7.58. The minimum absolute atomic E-state index is 0.104. The fourth-order valence-electron chi connectivity index (χ4n) is 4.69. The number of nitrogens with one attached hydrogen (secondary N) is 1. The summed E-state index contributed by atoms with van der Waals surface area (Å²) < 4.78 is 11.0. The van der Waals surface area contributed by atoms with Gasteiger partial charge in [-0.25, -0.2) is 4.79 Å². The summed E-state index contributed by atoms with van der Waals surface area (Å²) in [5, 5.41) is 22.3. The van der Waals surface area contributed by atoms with E-state index in [4.69, 9.17) is 9.47 Å². The number of amides is 2. The molecule has 4 rings (SSSR count). The molecule has 0 aromatic heterocycles. The zero-order valence-electron chi connectivity index (χ0n) is 20.4. The fourth-order valence-corrected chi connectivity index (χ4v) is 6.46. The smallest absolute Gasteiger partial charge is 0.330 e. The van der Waals surface area contributed by atoms with Gasteiger partial charge in [-0.05, 0) is 31.0 Å². The van der Waals surface area contributed by atoms with Crippen LogP contribution in [0.25, 0.3) is 0 Å². The van der Waals surface area contributed by atoms with Gasteiger partial charge in [0.15, 0.2) is 18.2 Å². The van der Waals surface area contributed by atoms with E-state index in [0.29, 0.717) is 11.3 Å². The number of esters is 1. The number of hydrogen-bond donors (Lipinski definition) is 2. The molecule has 13 heteroatoms. The molecule has 2 aromatic rings. The van der Waals surface area contributed by atoms with Gasteiger partial charge in [-0.1, -0.05) is 30.3 Å². The van der Waals surface area contributed by atoms with E-state index in [1.807, 2.05) is 0 Å². The zero-order valence-corrected chi connectivity index (χ0v) is 21.3. The van der Waals surface area contributed by atoms with Crippen LogP contribution < -0.4 is 10.1 Å². The number of β-lactam (4-membered cyclic amide) rings is 1. The van der Waals surface area contributed by atoms with E-state index >= 15 is 0 Å². The summed E-state index contributed by atoms with van der Waals surface area (Å²) >= 11 is 1.20. The number of para-hydroxylation sites is 1. The number of benzene rings is 2. The molecule has 3 unspecified atom stereocenters. The van der Waals surface area contributed by atoms with Gasteiger partial charge >= 0.3 is 11.9 Å². The number of nitrogens with zero attached hydrogens (tertiary/aromatic N) is 2. The fraction of sp³-hybridized carbons (Fsp3) is 0.360. The van der Waals surface area contributed by atoms with Gasteiger partial charge in [-0.3, -0.25) is 24.5 Å². The van der Waals surface area contributed by atoms with Gasteiger partial charge in [0.2, 0.25) is 5.91 Å². The van der Waals surface area contributed by atoms with Gasteiger partial charge in [0.1, 0.15) is 17.2 Å². The maximum atomic E-state index is 13.0. The number of carbonyl (C=O) groups excluding carboxylic acids is 3. The van der Waals surface area contributed by atoms with Crippen LogP contribution in [0.5, 0.6) is 5.75 Å². The lowest BCUT2D eigenvalue weighted by Crippen LogP contribution is -2.81. The highest BCUT2D eigenvalue weighted by atomic mass is 32.2. The van der Waals surface area contributed by atoms with E-state index in [-0.39, 0.29) is 18.7 Å². The molecule has 2 fully saturated rings. The topological polar surface area (TPSA) is 165 Å². The number of carbonyl (C=O) groups is 4. The third-order valence-electron chi connectivity index (χ3n) is 6.44. The number of ether oxygens (including phenoxy) is 2. The SMILES string of the molecule is CC(=O)OC1(C)C(Cc2ccc([N+](=O)[O-])cc2)S[C@@H]2[C@@H](NC(=O)COc3ccccc3)C(=O)N2C1C(=O)O. The lowest BCUT2D eigenvalue weighted by Gasteiger charge is -2.59. The maximum absolute atomic E-state index is 13.0. The van der Waals surface area contributed by atoms with Gasteiger partial charge in [0, 0.05) is 19.1 Å². The van der Waals surface area contributed by atoms with Crippen LogP contribution in [0.4, 0.5) is 5.69 Å². The van der Waals surface area contributed by atoms with E-state index in [2.05, 4.69) is 5.32 Å². The summed E-state index contributed by atoms with van der Waals surface area (Å²) in [6, 6.07) is 11.9. The molecule has 12 nitrogen and oxygen atoms in total. The molecule has 2 aliphatic rings. The number of thioether (sulfide) groups is 1. The predicted octanol–water partition coefficient (Wildman–Crippen LogP) is 1.76. The predicted molar refractivity (Wildman–Crippen MR) is 134 cm³/mol. The maximum Gasteiger partial charge on any atom is 0.330 e. The number of carboxylic acids is 1. The van der Waals surface area contributed by atoms with Crippen molar-refractivity contribution in [3.05, 3.63) is 70.3 Å². The van der Waals surface area contributed by atoms with E-state index in [1.165, 1.54) is 30.8 Å². The zero-order chi connectivity index (χ0) is 27.6. The van der Waals surface area contributed by atoms with Crippen molar-refractivity contribution in [1.82, 2.24) is 10.2 Å². The van der Waals surface area contributed by atoms with Crippen molar-refractivity contribution in [3.63, 3.8) is 0 Å².